The molecular formula is C17H16Cl2N2O5S. The molecule has 0 radical (unpaired) electrons. The van der Waals surface area contributed by atoms with E-state index in [1.165, 1.54) is 26.1 Å². The predicted molar refractivity (Wildman–Crippen MR) is 103 cm³/mol. The second-order valence-electron chi connectivity index (χ2n) is 5.40. The summed E-state index contributed by atoms with van der Waals surface area (Å²) >= 11 is 11.7. The fraction of sp³-hybridized carbons (Fsp3) is 0.176. The van der Waals surface area contributed by atoms with Crippen LogP contribution in [0.4, 0.5) is 5.69 Å². The summed E-state index contributed by atoms with van der Waals surface area (Å²) in [6.45, 7) is 1.39. The normalized spacial score (nSPS) is 12.3. The Balaban J connectivity index is 2.12. The number of sulfonamides is 1. The minimum absolute atomic E-state index is 0.0485. The largest absolute Gasteiger partial charge is 0.449 e. The number of amides is 1. The second-order valence-corrected chi connectivity index (χ2v) is 8.10. The topological polar surface area (TPSA) is 102 Å². The predicted octanol–water partition coefficient (Wildman–Crippen LogP) is 3.09. The highest BCUT2D eigenvalue weighted by molar-refractivity contribution is 7.89. The number of carbonyl (C=O) groups is 2. The molecule has 0 heterocycles. The van der Waals surface area contributed by atoms with Gasteiger partial charge in [-0.05, 0) is 50.4 Å². The Kier molecular flexibility index (Phi) is 6.83. The van der Waals surface area contributed by atoms with Crippen LogP contribution in [0.15, 0.2) is 47.4 Å². The highest BCUT2D eigenvalue weighted by Crippen LogP contribution is 2.23. The van der Waals surface area contributed by atoms with Gasteiger partial charge in [-0.25, -0.2) is 17.9 Å². The van der Waals surface area contributed by atoms with Crippen molar-refractivity contribution < 1.29 is 22.7 Å². The maximum atomic E-state index is 12.3. The number of carbonyl (C=O) groups excluding carboxylic acids is 2. The zero-order chi connectivity index (χ0) is 20.2. The van der Waals surface area contributed by atoms with Crippen LogP contribution in [0.2, 0.25) is 10.0 Å². The molecule has 0 saturated heterocycles. The lowest BCUT2D eigenvalue weighted by atomic mass is 10.2. The van der Waals surface area contributed by atoms with Crippen molar-refractivity contribution in [2.45, 2.75) is 17.9 Å². The zero-order valence-electron chi connectivity index (χ0n) is 14.3. The summed E-state index contributed by atoms with van der Waals surface area (Å²) in [5, 5.41) is 2.96. The van der Waals surface area contributed by atoms with Gasteiger partial charge in [-0.15, -0.1) is 0 Å². The van der Waals surface area contributed by atoms with E-state index in [1.807, 2.05) is 0 Å². The molecule has 144 valence electrons. The molecule has 0 bridgehead atoms. The van der Waals surface area contributed by atoms with Gasteiger partial charge in [0.15, 0.2) is 6.10 Å². The van der Waals surface area contributed by atoms with Crippen LogP contribution in [0.5, 0.6) is 0 Å². The van der Waals surface area contributed by atoms with Crippen LogP contribution >= 0.6 is 23.2 Å². The third kappa shape index (κ3) is 5.43. The summed E-state index contributed by atoms with van der Waals surface area (Å²) in [6, 6.07) is 10.1. The molecule has 10 heteroatoms. The molecule has 0 aliphatic heterocycles. The molecule has 1 atom stereocenters. The quantitative estimate of drug-likeness (QED) is 0.685. The number of nitrogens with one attached hydrogen (secondary N) is 2. The molecule has 0 spiro atoms. The molecular weight excluding hydrogens is 415 g/mol. The molecule has 0 aromatic heterocycles. The van der Waals surface area contributed by atoms with Crippen LogP contribution in [0.1, 0.15) is 17.3 Å². The van der Waals surface area contributed by atoms with Crippen molar-refractivity contribution in [2.24, 2.45) is 0 Å². The first-order chi connectivity index (χ1) is 12.6. The summed E-state index contributed by atoms with van der Waals surface area (Å²) < 4.78 is 31.1. The van der Waals surface area contributed by atoms with Gasteiger partial charge < -0.3 is 10.1 Å². The number of anilines is 1. The fourth-order valence-corrected chi connectivity index (χ4v) is 3.48. The first kappa shape index (κ1) is 21.2. The number of esters is 1. The van der Waals surface area contributed by atoms with E-state index in [4.69, 9.17) is 27.9 Å². The third-order valence-corrected chi connectivity index (χ3v) is 5.60. The van der Waals surface area contributed by atoms with E-state index < -0.39 is 28.0 Å². The molecule has 2 rings (SSSR count). The van der Waals surface area contributed by atoms with Crippen molar-refractivity contribution in [2.75, 3.05) is 12.4 Å². The summed E-state index contributed by atoms with van der Waals surface area (Å²) in [4.78, 5) is 24.2. The molecule has 0 fully saturated rings. The molecule has 0 aliphatic carbocycles. The maximum Gasteiger partial charge on any atom is 0.338 e. The van der Waals surface area contributed by atoms with Gasteiger partial charge in [-0.1, -0.05) is 29.3 Å². The van der Waals surface area contributed by atoms with Crippen LogP contribution in [0.3, 0.4) is 0 Å². The van der Waals surface area contributed by atoms with E-state index in [-0.39, 0.29) is 15.5 Å². The van der Waals surface area contributed by atoms with Crippen molar-refractivity contribution in [3.05, 3.63) is 58.1 Å². The van der Waals surface area contributed by atoms with E-state index in [2.05, 4.69) is 10.0 Å². The second kappa shape index (κ2) is 8.71. The van der Waals surface area contributed by atoms with Gasteiger partial charge in [0.05, 0.1) is 10.6 Å². The minimum Gasteiger partial charge on any atom is -0.449 e. The Morgan fingerprint density at radius 3 is 2.44 bits per heavy atom. The molecule has 7 nitrogen and oxygen atoms in total. The van der Waals surface area contributed by atoms with Crippen molar-refractivity contribution in [3.8, 4) is 0 Å². The molecule has 0 saturated carbocycles. The van der Waals surface area contributed by atoms with Gasteiger partial charge >= 0.3 is 5.97 Å². The molecule has 2 aromatic carbocycles. The van der Waals surface area contributed by atoms with Crippen molar-refractivity contribution in [1.82, 2.24) is 4.72 Å². The van der Waals surface area contributed by atoms with Crippen LogP contribution in [0, 0.1) is 0 Å². The van der Waals surface area contributed by atoms with Gasteiger partial charge in [0.2, 0.25) is 10.0 Å². The first-order valence-corrected chi connectivity index (χ1v) is 9.88. The highest BCUT2D eigenvalue weighted by Gasteiger charge is 2.22. The average Bonchev–Trinajstić information content (AvgIpc) is 2.61. The Morgan fingerprint density at radius 1 is 1.11 bits per heavy atom. The third-order valence-electron chi connectivity index (χ3n) is 3.47. The van der Waals surface area contributed by atoms with Crippen LogP contribution in [-0.4, -0.2) is 33.4 Å². The Morgan fingerprint density at radius 2 is 1.81 bits per heavy atom. The molecule has 0 aliphatic rings. The van der Waals surface area contributed by atoms with Crippen molar-refractivity contribution in [1.29, 1.82) is 0 Å². The van der Waals surface area contributed by atoms with Gasteiger partial charge in [-0.3, -0.25) is 4.79 Å². The van der Waals surface area contributed by atoms with Gasteiger partial charge in [0, 0.05) is 10.7 Å². The lowest BCUT2D eigenvalue weighted by molar-refractivity contribution is -0.123. The SMILES string of the molecule is CNS(=O)(=O)c1cc(C(=O)OC(C)C(=O)Nc2cccc(Cl)c2)ccc1Cl. The van der Waals surface area contributed by atoms with E-state index in [0.29, 0.717) is 10.7 Å². The highest BCUT2D eigenvalue weighted by atomic mass is 35.5. The first-order valence-electron chi connectivity index (χ1n) is 7.64. The number of halogens is 2. The summed E-state index contributed by atoms with van der Waals surface area (Å²) in [6.07, 6.45) is -1.13. The number of hydrogen-bond donors (Lipinski definition) is 2. The van der Waals surface area contributed by atoms with Gasteiger partial charge in [0.1, 0.15) is 4.90 Å². The average molecular weight is 431 g/mol. The minimum atomic E-state index is -3.86. The zero-order valence-corrected chi connectivity index (χ0v) is 16.7. The molecule has 1 amide bonds. The van der Waals surface area contributed by atoms with E-state index >= 15 is 0 Å². The Bertz CT molecular complexity index is 979. The molecule has 27 heavy (non-hydrogen) atoms. The Hall–Kier alpha value is -2.13. The standard InChI is InChI=1S/C17H16Cl2N2O5S/c1-10(16(22)21-13-5-3-4-12(18)9-13)26-17(23)11-6-7-14(19)15(8-11)27(24,25)20-2/h3-10,20H,1-2H3,(H,21,22). The van der Waals surface area contributed by atoms with Gasteiger partial charge in [0.25, 0.3) is 5.91 Å². The monoisotopic (exact) mass is 430 g/mol. The number of rotatable bonds is 6. The smallest absolute Gasteiger partial charge is 0.338 e. The van der Waals surface area contributed by atoms with E-state index in [9.17, 15) is 18.0 Å². The summed E-state index contributed by atoms with van der Waals surface area (Å²) in [7, 11) is -2.63. The van der Waals surface area contributed by atoms with Gasteiger partial charge in [-0.2, -0.15) is 0 Å². The summed E-state index contributed by atoms with van der Waals surface area (Å²) in [5.41, 5.74) is 0.389. The van der Waals surface area contributed by atoms with E-state index in [0.717, 1.165) is 6.07 Å². The lowest BCUT2D eigenvalue weighted by Crippen LogP contribution is -2.30. The summed E-state index contributed by atoms with van der Waals surface area (Å²) in [5.74, 6) is -1.43. The Labute approximate surface area is 166 Å². The van der Waals surface area contributed by atoms with Crippen molar-refractivity contribution in [3.63, 3.8) is 0 Å². The van der Waals surface area contributed by atoms with Crippen LogP contribution in [-0.2, 0) is 19.6 Å². The fourth-order valence-electron chi connectivity index (χ4n) is 2.04. The molecule has 2 N–H and O–H groups in total. The van der Waals surface area contributed by atoms with Crippen LogP contribution in [0.25, 0.3) is 0 Å². The van der Waals surface area contributed by atoms with E-state index in [1.54, 1.807) is 24.3 Å². The molecule has 1 unspecified atom stereocenters. The van der Waals surface area contributed by atoms with Crippen LogP contribution < -0.4 is 10.0 Å². The lowest BCUT2D eigenvalue weighted by Gasteiger charge is -2.14. The van der Waals surface area contributed by atoms with Crippen molar-refractivity contribution >= 4 is 50.8 Å². The molecule has 2 aromatic rings. The number of hydrogen-bond acceptors (Lipinski definition) is 5. The number of ether oxygens (including phenoxy) is 1. The number of benzene rings is 2. The maximum absolute atomic E-state index is 12.3.